The second kappa shape index (κ2) is 3.24. The molecule has 0 aliphatic carbocycles. The number of hydrogen-bond donors (Lipinski definition) is 0. The first kappa shape index (κ1) is 8.74. The SMILES string of the molecule is BrC1C[n+]2c(ccc3ccccc32)S1. The van der Waals surface area contributed by atoms with E-state index in [-0.39, 0.29) is 0 Å². The molecule has 1 aromatic carbocycles. The normalized spacial score (nSPS) is 19.9. The van der Waals surface area contributed by atoms with Crippen molar-refractivity contribution in [2.75, 3.05) is 0 Å². The van der Waals surface area contributed by atoms with Gasteiger partial charge in [0.2, 0.25) is 10.5 Å². The van der Waals surface area contributed by atoms with Crippen LogP contribution in [0.4, 0.5) is 0 Å². The van der Waals surface area contributed by atoms with Gasteiger partial charge in [0.05, 0.1) is 0 Å². The summed E-state index contributed by atoms with van der Waals surface area (Å²) >= 11 is 5.53. The van der Waals surface area contributed by atoms with E-state index in [2.05, 4.69) is 56.9 Å². The van der Waals surface area contributed by atoms with Crippen molar-refractivity contribution in [3.63, 3.8) is 0 Å². The van der Waals surface area contributed by atoms with Gasteiger partial charge in [0.15, 0.2) is 6.54 Å². The zero-order chi connectivity index (χ0) is 9.54. The van der Waals surface area contributed by atoms with Crippen LogP contribution in [-0.2, 0) is 6.54 Å². The summed E-state index contributed by atoms with van der Waals surface area (Å²) in [6.07, 6.45) is 0. The molecule has 0 saturated heterocycles. The molecule has 1 aliphatic rings. The highest BCUT2D eigenvalue weighted by molar-refractivity contribution is 9.11. The number of para-hydroxylation sites is 1. The summed E-state index contributed by atoms with van der Waals surface area (Å²) in [4.78, 5) is 0. The van der Waals surface area contributed by atoms with Crippen molar-refractivity contribution in [3.8, 4) is 0 Å². The van der Waals surface area contributed by atoms with Crippen molar-refractivity contribution in [1.29, 1.82) is 0 Å². The Bertz CT molecular complexity index is 498. The van der Waals surface area contributed by atoms with Crippen LogP contribution in [0.15, 0.2) is 41.4 Å². The summed E-state index contributed by atoms with van der Waals surface area (Å²) < 4.78 is 2.90. The van der Waals surface area contributed by atoms with Gasteiger partial charge in [-0.25, -0.2) is 0 Å². The molecule has 1 aromatic heterocycles. The van der Waals surface area contributed by atoms with Gasteiger partial charge >= 0.3 is 0 Å². The van der Waals surface area contributed by atoms with Gasteiger partial charge < -0.3 is 0 Å². The number of rotatable bonds is 0. The molecule has 3 heteroatoms. The molecule has 3 rings (SSSR count). The zero-order valence-electron chi connectivity index (χ0n) is 7.48. The monoisotopic (exact) mass is 266 g/mol. The summed E-state index contributed by atoms with van der Waals surface area (Å²) in [5.74, 6) is 0. The third kappa shape index (κ3) is 1.27. The average molecular weight is 267 g/mol. The minimum atomic E-state index is 0.522. The van der Waals surface area contributed by atoms with E-state index in [0.29, 0.717) is 4.16 Å². The van der Waals surface area contributed by atoms with Gasteiger partial charge in [-0.1, -0.05) is 28.1 Å². The second-order valence-corrected chi connectivity index (χ2v) is 6.30. The maximum absolute atomic E-state index is 3.65. The molecule has 0 spiro atoms. The van der Waals surface area contributed by atoms with Gasteiger partial charge in [-0.15, -0.1) is 0 Å². The Kier molecular flexibility index (Phi) is 2.03. The molecule has 1 nitrogen and oxygen atoms in total. The molecular weight excluding hydrogens is 258 g/mol. The highest BCUT2D eigenvalue weighted by Crippen LogP contribution is 2.31. The number of thioether (sulfide) groups is 1. The molecule has 1 unspecified atom stereocenters. The molecule has 0 saturated carbocycles. The molecule has 0 radical (unpaired) electrons. The lowest BCUT2D eigenvalue weighted by Gasteiger charge is -1.97. The average Bonchev–Trinajstić information content (AvgIpc) is 2.59. The Labute approximate surface area is 95.3 Å². The van der Waals surface area contributed by atoms with Gasteiger partial charge in [-0.05, 0) is 23.9 Å². The van der Waals surface area contributed by atoms with Gasteiger partial charge in [-0.3, -0.25) is 0 Å². The second-order valence-electron chi connectivity index (χ2n) is 3.37. The molecular formula is C11H9BrNS+. The topological polar surface area (TPSA) is 3.88 Å². The zero-order valence-corrected chi connectivity index (χ0v) is 9.88. The van der Waals surface area contributed by atoms with Crippen molar-refractivity contribution < 1.29 is 4.57 Å². The fourth-order valence-corrected chi connectivity index (χ4v) is 3.64. The molecule has 0 fully saturated rings. The fourth-order valence-electron chi connectivity index (χ4n) is 1.85. The van der Waals surface area contributed by atoms with Crippen LogP contribution in [-0.4, -0.2) is 4.16 Å². The maximum Gasteiger partial charge on any atom is 0.241 e. The van der Waals surface area contributed by atoms with Crippen LogP contribution < -0.4 is 4.57 Å². The molecule has 70 valence electrons. The predicted molar refractivity (Wildman–Crippen MR) is 62.7 cm³/mol. The van der Waals surface area contributed by atoms with E-state index in [4.69, 9.17) is 0 Å². The van der Waals surface area contributed by atoms with Crippen molar-refractivity contribution in [1.82, 2.24) is 0 Å². The van der Waals surface area contributed by atoms with Crippen LogP contribution in [0.5, 0.6) is 0 Å². The standard InChI is InChI=1S/C11H9BrNS/c12-10-7-13-9-4-2-1-3-8(9)5-6-11(13)14-10/h1-6,10H,7H2/q+1. The van der Waals surface area contributed by atoms with Crippen LogP contribution in [0.2, 0.25) is 0 Å². The van der Waals surface area contributed by atoms with Crippen LogP contribution >= 0.6 is 27.7 Å². The van der Waals surface area contributed by atoms with Crippen LogP contribution in [0.3, 0.4) is 0 Å². The van der Waals surface area contributed by atoms with Crippen LogP contribution in [0.25, 0.3) is 10.9 Å². The number of alkyl halides is 1. The van der Waals surface area contributed by atoms with Gasteiger partial charge in [0.25, 0.3) is 0 Å². The van der Waals surface area contributed by atoms with E-state index in [1.807, 2.05) is 11.8 Å². The molecule has 1 aliphatic heterocycles. The van der Waals surface area contributed by atoms with Crippen LogP contribution in [0, 0.1) is 0 Å². The van der Waals surface area contributed by atoms with Gasteiger partial charge in [0.1, 0.15) is 4.16 Å². The number of aromatic nitrogens is 1. The minimum Gasteiger partial charge on any atom is -0.184 e. The summed E-state index contributed by atoms with van der Waals surface area (Å²) in [5.41, 5.74) is 1.33. The van der Waals surface area contributed by atoms with Gasteiger partial charge in [-0.2, -0.15) is 4.57 Å². The number of nitrogens with zero attached hydrogens (tertiary/aromatic N) is 1. The Balaban J connectivity index is 2.33. The Hall–Kier alpha value is -0.540. The molecule has 0 N–H and O–H groups in total. The number of pyridine rings is 1. The predicted octanol–water partition coefficient (Wildman–Crippen LogP) is 2.95. The summed E-state index contributed by atoms with van der Waals surface area (Å²) in [7, 11) is 0. The van der Waals surface area contributed by atoms with Crippen molar-refractivity contribution in [2.45, 2.75) is 15.7 Å². The summed E-state index contributed by atoms with van der Waals surface area (Å²) in [6, 6.07) is 12.9. The summed E-state index contributed by atoms with van der Waals surface area (Å²) in [5, 5.41) is 2.67. The lowest BCUT2D eigenvalue weighted by atomic mass is 10.2. The van der Waals surface area contributed by atoms with Crippen molar-refractivity contribution in [2.24, 2.45) is 0 Å². The third-order valence-electron chi connectivity index (χ3n) is 2.47. The Morgan fingerprint density at radius 2 is 2.07 bits per heavy atom. The van der Waals surface area contributed by atoms with E-state index < -0.39 is 0 Å². The highest BCUT2D eigenvalue weighted by Gasteiger charge is 2.29. The Morgan fingerprint density at radius 1 is 1.21 bits per heavy atom. The molecule has 2 heterocycles. The van der Waals surface area contributed by atoms with E-state index in [1.54, 1.807) is 0 Å². The third-order valence-corrected chi connectivity index (χ3v) is 4.33. The fraction of sp³-hybridized carbons (Fsp3) is 0.182. The maximum atomic E-state index is 3.65. The van der Waals surface area contributed by atoms with Gasteiger partial charge in [0, 0.05) is 17.5 Å². The van der Waals surface area contributed by atoms with E-state index in [9.17, 15) is 0 Å². The number of fused-ring (bicyclic) bond motifs is 3. The largest absolute Gasteiger partial charge is 0.241 e. The van der Waals surface area contributed by atoms with Crippen LogP contribution in [0.1, 0.15) is 0 Å². The van der Waals surface area contributed by atoms with E-state index in [1.165, 1.54) is 15.9 Å². The first-order valence-corrected chi connectivity index (χ1v) is 6.36. The summed E-state index contributed by atoms with van der Waals surface area (Å²) in [6.45, 7) is 1.06. The van der Waals surface area contributed by atoms with Crippen molar-refractivity contribution in [3.05, 3.63) is 36.4 Å². The number of benzene rings is 1. The molecule has 0 bridgehead atoms. The smallest absolute Gasteiger partial charge is 0.184 e. The molecule has 2 aromatic rings. The lowest BCUT2D eigenvalue weighted by Crippen LogP contribution is -2.34. The number of hydrogen-bond acceptors (Lipinski definition) is 1. The number of halogens is 1. The van der Waals surface area contributed by atoms with Crippen molar-refractivity contribution >= 4 is 38.6 Å². The molecule has 14 heavy (non-hydrogen) atoms. The Morgan fingerprint density at radius 3 is 3.00 bits per heavy atom. The lowest BCUT2D eigenvalue weighted by molar-refractivity contribution is -0.699. The minimum absolute atomic E-state index is 0.522. The van der Waals surface area contributed by atoms with E-state index >= 15 is 0 Å². The molecule has 1 atom stereocenters. The highest BCUT2D eigenvalue weighted by atomic mass is 79.9. The first-order chi connectivity index (χ1) is 6.84. The molecule has 0 amide bonds. The first-order valence-electron chi connectivity index (χ1n) is 4.57. The quantitative estimate of drug-likeness (QED) is 0.524. The van der Waals surface area contributed by atoms with E-state index in [0.717, 1.165) is 6.54 Å².